The van der Waals surface area contributed by atoms with E-state index in [9.17, 15) is 0 Å². The summed E-state index contributed by atoms with van der Waals surface area (Å²) in [6, 6.07) is 6.91. The summed E-state index contributed by atoms with van der Waals surface area (Å²) in [6.07, 6.45) is 3.67. The first-order valence-corrected chi connectivity index (χ1v) is 7.52. The van der Waals surface area contributed by atoms with Gasteiger partial charge in [-0.1, -0.05) is 19.8 Å². The number of imidazole rings is 1. The van der Waals surface area contributed by atoms with E-state index in [0.717, 1.165) is 10.3 Å². The molecule has 0 radical (unpaired) electrons. The molecule has 1 atom stereocenters. The zero-order chi connectivity index (χ0) is 12.4. The first kappa shape index (κ1) is 13.1. The number of H-pyrrole nitrogens is 1. The molecule has 2 nitrogen and oxygen atoms in total. The van der Waals surface area contributed by atoms with E-state index in [4.69, 9.17) is 12.2 Å². The van der Waals surface area contributed by atoms with E-state index >= 15 is 0 Å². The molecule has 0 fully saturated rings. The monoisotopic (exact) mass is 360 g/mol. The molecule has 0 aliphatic carbocycles. The lowest BCUT2D eigenvalue weighted by Gasteiger charge is -2.14. The van der Waals surface area contributed by atoms with Crippen molar-refractivity contribution in [1.29, 1.82) is 0 Å². The fraction of sp³-hybridized carbons (Fsp3) is 0.462. The molecule has 0 aliphatic rings. The van der Waals surface area contributed by atoms with Gasteiger partial charge in [-0.05, 0) is 66.4 Å². The minimum atomic E-state index is 0.469. The molecule has 0 spiro atoms. The summed E-state index contributed by atoms with van der Waals surface area (Å²) in [5.41, 5.74) is 2.37. The van der Waals surface area contributed by atoms with Crippen molar-refractivity contribution in [2.24, 2.45) is 0 Å². The fourth-order valence-electron chi connectivity index (χ4n) is 2.17. The van der Waals surface area contributed by atoms with E-state index in [1.807, 2.05) is 0 Å². The number of nitrogens with zero attached hydrogens (tertiary/aromatic N) is 1. The van der Waals surface area contributed by atoms with Crippen LogP contribution in [0.3, 0.4) is 0 Å². The van der Waals surface area contributed by atoms with Gasteiger partial charge in [-0.2, -0.15) is 0 Å². The third-order valence-corrected chi connectivity index (χ3v) is 4.06. The minimum absolute atomic E-state index is 0.469. The average molecular weight is 360 g/mol. The maximum absolute atomic E-state index is 5.43. The number of aromatic nitrogens is 2. The van der Waals surface area contributed by atoms with Crippen LogP contribution in [0.15, 0.2) is 18.2 Å². The van der Waals surface area contributed by atoms with Gasteiger partial charge in [-0.3, -0.25) is 0 Å². The van der Waals surface area contributed by atoms with Gasteiger partial charge in [0, 0.05) is 9.61 Å². The van der Waals surface area contributed by atoms with Crippen molar-refractivity contribution >= 4 is 45.8 Å². The van der Waals surface area contributed by atoms with Crippen LogP contribution in [0.25, 0.3) is 11.0 Å². The normalized spacial score (nSPS) is 13.1. The van der Waals surface area contributed by atoms with E-state index < -0.39 is 0 Å². The molecule has 0 aliphatic heterocycles. The summed E-state index contributed by atoms with van der Waals surface area (Å²) in [5.74, 6) is 0. The molecule has 2 rings (SSSR count). The number of hydrogen-bond acceptors (Lipinski definition) is 1. The van der Waals surface area contributed by atoms with Gasteiger partial charge in [0.2, 0.25) is 0 Å². The van der Waals surface area contributed by atoms with Crippen LogP contribution in [0.2, 0.25) is 0 Å². The van der Waals surface area contributed by atoms with Crippen molar-refractivity contribution in [3.63, 3.8) is 0 Å². The number of halogens is 1. The third-order valence-electron chi connectivity index (χ3n) is 3.09. The summed E-state index contributed by atoms with van der Waals surface area (Å²) in [4.78, 5) is 3.30. The topological polar surface area (TPSA) is 20.7 Å². The van der Waals surface area contributed by atoms with Crippen molar-refractivity contribution in [2.45, 2.75) is 39.2 Å². The van der Waals surface area contributed by atoms with E-state index in [-0.39, 0.29) is 0 Å². The van der Waals surface area contributed by atoms with Gasteiger partial charge >= 0.3 is 0 Å². The number of rotatable bonds is 4. The highest BCUT2D eigenvalue weighted by molar-refractivity contribution is 14.1. The molecule has 0 saturated carbocycles. The van der Waals surface area contributed by atoms with Gasteiger partial charge in [0.15, 0.2) is 4.77 Å². The lowest BCUT2D eigenvalue weighted by atomic mass is 10.1. The lowest BCUT2D eigenvalue weighted by Crippen LogP contribution is -2.04. The summed E-state index contributed by atoms with van der Waals surface area (Å²) >= 11 is 7.75. The Hall–Kier alpha value is -0.360. The zero-order valence-corrected chi connectivity index (χ0v) is 13.1. The fourth-order valence-corrected chi connectivity index (χ4v) is 3.05. The molecule has 2 aromatic rings. The van der Waals surface area contributed by atoms with Crippen LogP contribution in [0.1, 0.15) is 39.2 Å². The Bertz CT molecular complexity index is 570. The molecule has 92 valence electrons. The second kappa shape index (κ2) is 5.52. The van der Waals surface area contributed by atoms with E-state index in [2.05, 4.69) is 64.2 Å². The van der Waals surface area contributed by atoms with Gasteiger partial charge in [0.05, 0.1) is 11.0 Å². The summed E-state index contributed by atoms with van der Waals surface area (Å²) < 4.78 is 4.32. The van der Waals surface area contributed by atoms with Gasteiger partial charge in [-0.25, -0.2) is 0 Å². The number of benzene rings is 1. The molecule has 0 bridgehead atoms. The minimum Gasteiger partial charge on any atom is -0.331 e. The molecular formula is C13H17IN2S. The second-order valence-corrected chi connectivity index (χ2v) is 6.09. The number of fused-ring (bicyclic) bond motifs is 1. The molecule has 0 amide bonds. The zero-order valence-electron chi connectivity index (χ0n) is 10.2. The first-order chi connectivity index (χ1) is 8.13. The van der Waals surface area contributed by atoms with Gasteiger partial charge in [-0.15, -0.1) is 0 Å². The van der Waals surface area contributed by atoms with Crippen LogP contribution < -0.4 is 0 Å². The van der Waals surface area contributed by atoms with E-state index in [1.165, 1.54) is 28.3 Å². The molecule has 1 aromatic heterocycles. The molecule has 0 saturated heterocycles. The van der Waals surface area contributed by atoms with Crippen molar-refractivity contribution in [3.05, 3.63) is 26.5 Å². The molecule has 1 heterocycles. The smallest absolute Gasteiger partial charge is 0.178 e. The van der Waals surface area contributed by atoms with Crippen molar-refractivity contribution in [1.82, 2.24) is 9.55 Å². The maximum Gasteiger partial charge on any atom is 0.178 e. The predicted molar refractivity (Wildman–Crippen MR) is 84.1 cm³/mol. The van der Waals surface area contributed by atoms with Crippen molar-refractivity contribution < 1.29 is 0 Å². The third kappa shape index (κ3) is 2.73. The number of nitrogens with one attached hydrogen (secondary N) is 1. The largest absolute Gasteiger partial charge is 0.331 e. The summed E-state index contributed by atoms with van der Waals surface area (Å²) in [7, 11) is 0. The molecule has 1 aromatic carbocycles. The van der Waals surface area contributed by atoms with Crippen molar-refractivity contribution in [2.75, 3.05) is 0 Å². The number of hydrogen-bond donors (Lipinski definition) is 1. The highest BCUT2D eigenvalue weighted by atomic mass is 127. The van der Waals surface area contributed by atoms with Crippen LogP contribution in [-0.2, 0) is 0 Å². The average Bonchev–Trinajstić information content (AvgIpc) is 2.61. The lowest BCUT2D eigenvalue weighted by molar-refractivity contribution is 0.491. The van der Waals surface area contributed by atoms with Gasteiger partial charge in [0.1, 0.15) is 0 Å². The summed E-state index contributed by atoms with van der Waals surface area (Å²) in [6.45, 7) is 4.47. The predicted octanol–water partition coefficient (Wildman–Crippen LogP) is 5.05. The maximum atomic E-state index is 5.43. The number of unbranched alkanes of at least 4 members (excludes halogenated alkanes) is 1. The van der Waals surface area contributed by atoms with E-state index in [1.54, 1.807) is 0 Å². The molecule has 1 unspecified atom stereocenters. The van der Waals surface area contributed by atoms with Crippen LogP contribution in [0.5, 0.6) is 0 Å². The Labute approximate surface area is 121 Å². The standard InChI is InChI=1S/C13H17IN2S/c1-3-4-5-9(2)16-12-7-6-10(14)8-11(12)15-13(16)17/h6-9H,3-5H2,1-2H3,(H,15,17). The highest BCUT2D eigenvalue weighted by Gasteiger charge is 2.10. The Kier molecular flexibility index (Phi) is 4.25. The quantitative estimate of drug-likeness (QED) is 0.597. The van der Waals surface area contributed by atoms with Gasteiger partial charge in [0.25, 0.3) is 0 Å². The van der Waals surface area contributed by atoms with Crippen molar-refractivity contribution in [3.8, 4) is 0 Å². The highest BCUT2D eigenvalue weighted by Crippen LogP contribution is 2.23. The Morgan fingerprint density at radius 2 is 2.24 bits per heavy atom. The molecule has 17 heavy (non-hydrogen) atoms. The SMILES string of the molecule is CCCCC(C)n1c(=S)[nH]c2cc(I)ccc21. The molecular weight excluding hydrogens is 343 g/mol. The van der Waals surface area contributed by atoms with Crippen LogP contribution in [-0.4, -0.2) is 9.55 Å². The molecule has 4 heteroatoms. The first-order valence-electron chi connectivity index (χ1n) is 6.03. The second-order valence-electron chi connectivity index (χ2n) is 4.45. The van der Waals surface area contributed by atoms with Gasteiger partial charge < -0.3 is 9.55 Å². The Morgan fingerprint density at radius 3 is 2.94 bits per heavy atom. The Balaban J connectivity index is 2.46. The van der Waals surface area contributed by atoms with Crippen LogP contribution in [0.4, 0.5) is 0 Å². The van der Waals surface area contributed by atoms with E-state index in [0.29, 0.717) is 6.04 Å². The summed E-state index contributed by atoms with van der Waals surface area (Å²) in [5, 5.41) is 0. The van der Waals surface area contributed by atoms with Crippen LogP contribution >= 0.6 is 34.8 Å². The Morgan fingerprint density at radius 1 is 1.47 bits per heavy atom. The molecule has 1 N–H and O–H groups in total. The number of aromatic amines is 1. The van der Waals surface area contributed by atoms with Crippen LogP contribution in [0, 0.1) is 8.34 Å².